The van der Waals surface area contributed by atoms with Gasteiger partial charge in [-0.15, -0.1) is 0 Å². The van der Waals surface area contributed by atoms with Gasteiger partial charge in [0.15, 0.2) is 11.6 Å². The molecular weight excluding hydrogens is 254 g/mol. The minimum Gasteiger partial charge on any atom is -0.204 e. The molecule has 2 aromatic rings. The second-order valence-corrected chi connectivity index (χ2v) is 3.92. The van der Waals surface area contributed by atoms with Crippen molar-refractivity contribution in [3.05, 3.63) is 59.2 Å². The molecule has 2 aromatic carbocycles. The van der Waals surface area contributed by atoms with Crippen LogP contribution in [0.2, 0.25) is 0 Å². The van der Waals surface area contributed by atoms with E-state index in [0.717, 1.165) is 17.2 Å². The monoisotopic (exact) mass is 278 g/mol. The second-order valence-electron chi connectivity index (χ2n) is 3.92. The minimum atomic E-state index is -0.804. The summed E-state index contributed by atoms with van der Waals surface area (Å²) in [6.45, 7) is 11.7. The maximum absolute atomic E-state index is 13.7. The molecule has 0 radical (unpaired) electrons. The fourth-order valence-electron chi connectivity index (χ4n) is 1.72. The number of benzene rings is 2. The van der Waals surface area contributed by atoms with E-state index in [2.05, 4.69) is 0 Å². The van der Waals surface area contributed by atoms with E-state index in [1.807, 2.05) is 46.8 Å². The second kappa shape index (κ2) is 9.24. The van der Waals surface area contributed by atoms with Gasteiger partial charge in [0.25, 0.3) is 0 Å². The van der Waals surface area contributed by atoms with Crippen LogP contribution >= 0.6 is 0 Å². The quantitative estimate of drug-likeness (QED) is 0.574. The largest absolute Gasteiger partial charge is 0.204 e. The number of hydrogen-bond acceptors (Lipinski definition) is 0. The maximum atomic E-state index is 13.7. The summed E-state index contributed by atoms with van der Waals surface area (Å²) in [6.07, 6.45) is 0. The van der Waals surface area contributed by atoms with Crippen LogP contribution in [0.1, 0.15) is 38.8 Å². The van der Waals surface area contributed by atoms with Crippen molar-refractivity contribution in [2.75, 3.05) is 0 Å². The van der Waals surface area contributed by atoms with Gasteiger partial charge in [-0.25, -0.2) is 8.78 Å². The van der Waals surface area contributed by atoms with Crippen molar-refractivity contribution < 1.29 is 8.78 Å². The van der Waals surface area contributed by atoms with Crippen molar-refractivity contribution in [2.45, 2.75) is 41.5 Å². The maximum Gasteiger partial charge on any atom is 0.166 e. The summed E-state index contributed by atoms with van der Waals surface area (Å²) < 4.78 is 26.8. The van der Waals surface area contributed by atoms with E-state index >= 15 is 0 Å². The first-order valence-corrected chi connectivity index (χ1v) is 7.11. The van der Waals surface area contributed by atoms with Gasteiger partial charge in [0.1, 0.15) is 0 Å². The molecule has 0 bridgehead atoms. The molecular formula is C18H24F2. The van der Waals surface area contributed by atoms with E-state index < -0.39 is 11.6 Å². The third-order valence-electron chi connectivity index (χ3n) is 2.64. The number of rotatable bonds is 1. The van der Waals surface area contributed by atoms with E-state index in [0.29, 0.717) is 11.1 Å². The zero-order chi connectivity index (χ0) is 15.7. The lowest BCUT2D eigenvalue weighted by Gasteiger charge is -2.08. The van der Waals surface area contributed by atoms with Gasteiger partial charge in [0, 0.05) is 5.56 Å². The number of hydrogen-bond donors (Lipinski definition) is 0. The van der Waals surface area contributed by atoms with Crippen LogP contribution in [0.25, 0.3) is 11.1 Å². The molecule has 0 spiro atoms. The Morgan fingerprint density at radius 1 is 0.700 bits per heavy atom. The van der Waals surface area contributed by atoms with Crippen LogP contribution in [-0.4, -0.2) is 0 Å². The number of halogens is 2. The van der Waals surface area contributed by atoms with Crippen LogP contribution < -0.4 is 0 Å². The average molecular weight is 278 g/mol. The SMILES string of the molecule is CC.CC.Cc1ccc(-c2c(C)ccc(F)c2F)cc1. The van der Waals surface area contributed by atoms with Gasteiger partial charge in [-0.2, -0.15) is 0 Å². The molecule has 2 rings (SSSR count). The predicted octanol–water partition coefficient (Wildman–Crippen LogP) is 6.30. The molecule has 0 heterocycles. The first-order chi connectivity index (χ1) is 9.59. The Hall–Kier alpha value is -1.70. The van der Waals surface area contributed by atoms with Gasteiger partial charge in [-0.3, -0.25) is 0 Å². The fourth-order valence-corrected chi connectivity index (χ4v) is 1.72. The van der Waals surface area contributed by atoms with Gasteiger partial charge in [-0.1, -0.05) is 63.6 Å². The lowest BCUT2D eigenvalue weighted by atomic mass is 9.99. The topological polar surface area (TPSA) is 0 Å². The lowest BCUT2D eigenvalue weighted by molar-refractivity contribution is 0.510. The molecule has 20 heavy (non-hydrogen) atoms. The minimum absolute atomic E-state index is 0.347. The predicted molar refractivity (Wildman–Crippen MR) is 84.0 cm³/mol. The normalized spacial score (nSPS) is 9.00. The third-order valence-corrected chi connectivity index (χ3v) is 2.64. The summed E-state index contributed by atoms with van der Waals surface area (Å²) in [5.74, 6) is -1.58. The van der Waals surface area contributed by atoms with Gasteiger partial charge in [0.2, 0.25) is 0 Å². The fraction of sp³-hybridized carbons (Fsp3) is 0.333. The van der Waals surface area contributed by atoms with Crippen LogP contribution in [0.4, 0.5) is 8.78 Å². The van der Waals surface area contributed by atoms with E-state index in [-0.39, 0.29) is 0 Å². The van der Waals surface area contributed by atoms with Crippen LogP contribution in [0.15, 0.2) is 36.4 Å². The summed E-state index contributed by atoms with van der Waals surface area (Å²) in [7, 11) is 0. The molecule has 0 saturated carbocycles. The molecule has 0 aromatic heterocycles. The molecule has 0 nitrogen and oxygen atoms in total. The van der Waals surface area contributed by atoms with Crippen molar-refractivity contribution in [1.82, 2.24) is 0 Å². The van der Waals surface area contributed by atoms with Crippen LogP contribution in [-0.2, 0) is 0 Å². The van der Waals surface area contributed by atoms with Crippen LogP contribution in [0.5, 0.6) is 0 Å². The summed E-state index contributed by atoms with van der Waals surface area (Å²) in [5, 5.41) is 0. The molecule has 0 aliphatic carbocycles. The molecule has 2 heteroatoms. The van der Waals surface area contributed by atoms with Crippen molar-refractivity contribution in [3.8, 4) is 11.1 Å². The molecule has 0 aliphatic heterocycles. The molecule has 110 valence electrons. The standard InChI is InChI=1S/C14H12F2.2C2H6/c1-9-3-6-11(7-4-9)13-10(2)5-8-12(15)14(13)16;2*1-2/h3-8H,1-2H3;2*1-2H3. The highest BCUT2D eigenvalue weighted by Gasteiger charge is 2.12. The van der Waals surface area contributed by atoms with Crippen LogP contribution in [0, 0.1) is 25.5 Å². The summed E-state index contributed by atoms with van der Waals surface area (Å²) in [6, 6.07) is 10.1. The average Bonchev–Trinajstić information content (AvgIpc) is 2.49. The zero-order valence-corrected chi connectivity index (χ0v) is 13.2. The smallest absolute Gasteiger partial charge is 0.166 e. The summed E-state index contributed by atoms with van der Waals surface area (Å²) in [4.78, 5) is 0. The third kappa shape index (κ3) is 4.44. The van der Waals surface area contributed by atoms with E-state index in [9.17, 15) is 8.78 Å². The van der Waals surface area contributed by atoms with Crippen molar-refractivity contribution in [1.29, 1.82) is 0 Å². The highest BCUT2D eigenvalue weighted by molar-refractivity contribution is 5.68. The molecule has 0 saturated heterocycles. The van der Waals surface area contributed by atoms with Gasteiger partial charge >= 0.3 is 0 Å². The summed E-state index contributed by atoms with van der Waals surface area (Å²) >= 11 is 0. The van der Waals surface area contributed by atoms with E-state index in [4.69, 9.17) is 0 Å². The molecule has 0 fully saturated rings. The zero-order valence-electron chi connectivity index (χ0n) is 13.2. The Balaban J connectivity index is 0.000000829. The van der Waals surface area contributed by atoms with E-state index in [1.165, 1.54) is 0 Å². The van der Waals surface area contributed by atoms with Gasteiger partial charge < -0.3 is 0 Å². The van der Waals surface area contributed by atoms with Gasteiger partial charge in [-0.05, 0) is 31.0 Å². The van der Waals surface area contributed by atoms with Crippen molar-refractivity contribution in [2.24, 2.45) is 0 Å². The first kappa shape index (κ1) is 18.3. The van der Waals surface area contributed by atoms with Crippen molar-refractivity contribution in [3.63, 3.8) is 0 Å². The molecule has 0 amide bonds. The Morgan fingerprint density at radius 2 is 1.20 bits per heavy atom. The molecule has 0 atom stereocenters. The van der Waals surface area contributed by atoms with Crippen molar-refractivity contribution >= 4 is 0 Å². The Labute approximate surface area is 121 Å². The molecule has 0 aliphatic rings. The number of aryl methyl sites for hydroxylation is 2. The Kier molecular flexibility index (Phi) is 8.46. The summed E-state index contributed by atoms with van der Waals surface area (Å²) in [5.41, 5.74) is 2.89. The highest BCUT2D eigenvalue weighted by atomic mass is 19.2. The Morgan fingerprint density at radius 3 is 1.70 bits per heavy atom. The first-order valence-electron chi connectivity index (χ1n) is 7.11. The molecule has 0 unspecified atom stereocenters. The van der Waals surface area contributed by atoms with E-state index in [1.54, 1.807) is 25.1 Å². The molecule has 0 N–H and O–H groups in total. The highest BCUT2D eigenvalue weighted by Crippen LogP contribution is 2.28. The Bertz CT molecular complexity index is 514. The van der Waals surface area contributed by atoms with Crippen LogP contribution in [0.3, 0.4) is 0 Å². The van der Waals surface area contributed by atoms with Gasteiger partial charge in [0.05, 0.1) is 0 Å². The lowest BCUT2D eigenvalue weighted by Crippen LogP contribution is -1.93.